The number of nitrogen functional groups attached to an aromatic ring is 1. The van der Waals surface area contributed by atoms with Crippen molar-refractivity contribution < 1.29 is 19.7 Å². The zero-order chi connectivity index (χ0) is 22.2. The number of fused-ring (bicyclic) bond motifs is 2. The van der Waals surface area contributed by atoms with Crippen LogP contribution in [-0.2, 0) is 4.74 Å². The molecule has 166 valence electrons. The highest BCUT2D eigenvalue weighted by atomic mass is 16.6. The molecule has 10 nitrogen and oxygen atoms in total. The number of pyridine rings is 1. The molecule has 0 radical (unpaired) electrons. The highest BCUT2D eigenvalue weighted by molar-refractivity contribution is 5.86. The van der Waals surface area contributed by atoms with Crippen molar-refractivity contribution in [2.24, 2.45) is 0 Å². The first kappa shape index (κ1) is 20.4. The highest BCUT2D eigenvalue weighted by Crippen LogP contribution is 2.33. The van der Waals surface area contributed by atoms with E-state index in [9.17, 15) is 10.2 Å². The Balaban J connectivity index is 1.32. The van der Waals surface area contributed by atoms with Gasteiger partial charge in [0.05, 0.1) is 10.9 Å². The normalized spacial score (nSPS) is 23.1. The molecule has 0 unspecified atom stereocenters. The lowest BCUT2D eigenvalue weighted by molar-refractivity contribution is -0.0471. The van der Waals surface area contributed by atoms with Crippen LogP contribution in [0.1, 0.15) is 13.2 Å². The van der Waals surface area contributed by atoms with Crippen LogP contribution in [0.25, 0.3) is 21.9 Å². The topological polar surface area (TPSA) is 141 Å². The lowest BCUT2D eigenvalue weighted by Gasteiger charge is -2.17. The minimum absolute atomic E-state index is 0.0590. The number of nitrogens with two attached hydrogens (primary N) is 1. The number of aliphatic hydroxyl groups excluding tert-OH is 2. The van der Waals surface area contributed by atoms with Crippen molar-refractivity contribution in [2.45, 2.75) is 31.5 Å². The fourth-order valence-corrected chi connectivity index (χ4v) is 3.94. The van der Waals surface area contributed by atoms with Gasteiger partial charge in [0.2, 0.25) is 0 Å². The minimum atomic E-state index is -1.16. The Morgan fingerprint density at radius 3 is 2.84 bits per heavy atom. The Labute approximate surface area is 183 Å². The summed E-state index contributed by atoms with van der Waals surface area (Å²) in [7, 11) is 0. The molecule has 1 aliphatic heterocycles. The summed E-state index contributed by atoms with van der Waals surface area (Å²) in [6.45, 7) is 2.85. The summed E-state index contributed by atoms with van der Waals surface area (Å²) < 4.78 is 13.5. The van der Waals surface area contributed by atoms with E-state index < -0.39 is 24.5 Å². The third-order valence-electron chi connectivity index (χ3n) is 5.59. The van der Waals surface area contributed by atoms with Gasteiger partial charge in [0.15, 0.2) is 6.23 Å². The first-order valence-electron chi connectivity index (χ1n) is 10.4. The molecule has 1 aliphatic rings. The van der Waals surface area contributed by atoms with Crippen LogP contribution in [0.5, 0.6) is 5.75 Å². The molecule has 5 N–H and O–H groups in total. The van der Waals surface area contributed by atoms with E-state index in [0.717, 1.165) is 23.3 Å². The van der Waals surface area contributed by atoms with Crippen LogP contribution in [-0.4, -0.2) is 61.2 Å². The van der Waals surface area contributed by atoms with Gasteiger partial charge >= 0.3 is 0 Å². The molecule has 32 heavy (non-hydrogen) atoms. The third-order valence-corrected chi connectivity index (χ3v) is 5.59. The summed E-state index contributed by atoms with van der Waals surface area (Å²) >= 11 is 0. The van der Waals surface area contributed by atoms with Crippen molar-refractivity contribution in [3.8, 4) is 5.75 Å². The van der Waals surface area contributed by atoms with Gasteiger partial charge in [0, 0.05) is 24.2 Å². The molecule has 4 atom stereocenters. The van der Waals surface area contributed by atoms with E-state index in [1.807, 2.05) is 37.3 Å². The minimum Gasteiger partial charge on any atom is -0.491 e. The van der Waals surface area contributed by atoms with E-state index in [1.165, 1.54) is 6.33 Å². The van der Waals surface area contributed by atoms with Gasteiger partial charge in [0.1, 0.15) is 54.3 Å². The van der Waals surface area contributed by atoms with E-state index in [1.54, 1.807) is 16.8 Å². The van der Waals surface area contributed by atoms with Gasteiger partial charge < -0.3 is 35.3 Å². The molecule has 1 fully saturated rings. The number of aromatic nitrogens is 4. The Bertz CT molecular complexity index is 1260. The van der Waals surface area contributed by atoms with E-state index in [2.05, 4.69) is 20.3 Å². The summed E-state index contributed by atoms with van der Waals surface area (Å²) in [6, 6.07) is 11.3. The quantitative estimate of drug-likeness (QED) is 0.355. The number of nitrogens with zero attached hydrogens (tertiary/aromatic N) is 4. The molecule has 0 bridgehead atoms. The van der Waals surface area contributed by atoms with Gasteiger partial charge in [-0.15, -0.1) is 0 Å². The lowest BCUT2D eigenvalue weighted by atomic mass is 10.1. The van der Waals surface area contributed by atoms with Gasteiger partial charge in [0.25, 0.3) is 0 Å². The number of hydrogen-bond acceptors (Lipinski definition) is 9. The summed E-state index contributed by atoms with van der Waals surface area (Å²) in [6.07, 6.45) is -0.792. The Hall–Kier alpha value is -3.47. The molecular weight excluding hydrogens is 412 g/mol. The van der Waals surface area contributed by atoms with E-state index >= 15 is 0 Å². The molecule has 0 saturated carbocycles. The molecule has 1 aromatic carbocycles. The number of nitrogens with one attached hydrogen (secondary N) is 1. The molecule has 5 rings (SSSR count). The molecule has 0 spiro atoms. The van der Waals surface area contributed by atoms with Gasteiger partial charge in [-0.25, -0.2) is 15.0 Å². The lowest BCUT2D eigenvalue weighted by Crippen LogP contribution is -2.34. The summed E-state index contributed by atoms with van der Waals surface area (Å²) in [5.41, 5.74) is 7.20. The second-order valence-corrected chi connectivity index (χ2v) is 7.66. The molecular formula is C22H24N6O4. The van der Waals surface area contributed by atoms with Gasteiger partial charge in [-0.1, -0.05) is 0 Å². The predicted octanol–water partition coefficient (Wildman–Crippen LogP) is 1.69. The van der Waals surface area contributed by atoms with Crippen molar-refractivity contribution in [3.05, 3.63) is 48.9 Å². The van der Waals surface area contributed by atoms with Gasteiger partial charge in [-0.3, -0.25) is 0 Å². The fourth-order valence-electron chi connectivity index (χ4n) is 3.94. The standard InChI is InChI=1S/C22H24N6O4/c1-2-24-17-6-4-12-3-5-13(9-15(12)27-17)31-10-16-18(29)19(30)22(32-16)28-8-7-14-20(23)25-11-26-21(14)28/h3-9,11,16,18-19,22,29-30H,2,10H2,1H3,(H,24,27)(H2,23,25,26)/t16-,18-,19-,22-/m1/s1. The van der Waals surface area contributed by atoms with Crippen LogP contribution in [0.15, 0.2) is 48.9 Å². The number of ether oxygens (including phenoxy) is 2. The molecule has 4 heterocycles. The molecule has 1 saturated heterocycles. The summed E-state index contributed by atoms with van der Waals surface area (Å²) in [5.74, 6) is 1.73. The SMILES string of the molecule is CCNc1ccc2ccc(OC[C@H]3O[C@@H](n4ccc5c(N)ncnc54)[C@H](O)[C@@H]3O)cc2n1. The zero-order valence-corrected chi connectivity index (χ0v) is 17.4. The van der Waals surface area contributed by atoms with Crippen molar-refractivity contribution >= 4 is 33.6 Å². The Morgan fingerprint density at radius 1 is 1.16 bits per heavy atom. The number of aliphatic hydroxyl groups is 2. The first-order chi connectivity index (χ1) is 15.5. The van der Waals surface area contributed by atoms with Crippen LogP contribution in [0.3, 0.4) is 0 Å². The molecule has 10 heteroatoms. The van der Waals surface area contributed by atoms with Crippen LogP contribution in [0, 0.1) is 0 Å². The summed E-state index contributed by atoms with van der Waals surface area (Å²) in [4.78, 5) is 12.8. The fraction of sp³-hybridized carbons (Fsp3) is 0.318. The van der Waals surface area contributed by atoms with Crippen molar-refractivity contribution in [1.29, 1.82) is 0 Å². The third kappa shape index (κ3) is 3.58. The van der Waals surface area contributed by atoms with Crippen LogP contribution in [0.2, 0.25) is 0 Å². The molecule has 0 amide bonds. The molecule has 4 aromatic rings. The number of hydrogen-bond donors (Lipinski definition) is 4. The van der Waals surface area contributed by atoms with Crippen molar-refractivity contribution in [3.63, 3.8) is 0 Å². The largest absolute Gasteiger partial charge is 0.491 e. The number of anilines is 2. The predicted molar refractivity (Wildman–Crippen MR) is 119 cm³/mol. The van der Waals surface area contributed by atoms with E-state index in [4.69, 9.17) is 15.2 Å². The van der Waals surface area contributed by atoms with Crippen LogP contribution in [0.4, 0.5) is 11.6 Å². The second-order valence-electron chi connectivity index (χ2n) is 7.66. The average Bonchev–Trinajstić information content (AvgIpc) is 3.34. The van der Waals surface area contributed by atoms with E-state index in [0.29, 0.717) is 22.6 Å². The smallest absolute Gasteiger partial charge is 0.164 e. The monoisotopic (exact) mass is 436 g/mol. The summed E-state index contributed by atoms with van der Waals surface area (Å²) in [5, 5.41) is 26.0. The van der Waals surface area contributed by atoms with Gasteiger partial charge in [-0.2, -0.15) is 0 Å². The van der Waals surface area contributed by atoms with Crippen molar-refractivity contribution in [1.82, 2.24) is 19.5 Å². The Morgan fingerprint density at radius 2 is 2.00 bits per heavy atom. The maximum Gasteiger partial charge on any atom is 0.164 e. The first-order valence-corrected chi connectivity index (χ1v) is 10.4. The van der Waals surface area contributed by atoms with Crippen LogP contribution < -0.4 is 15.8 Å². The zero-order valence-electron chi connectivity index (χ0n) is 17.4. The second kappa shape index (κ2) is 8.23. The maximum absolute atomic E-state index is 10.6. The van der Waals surface area contributed by atoms with Crippen molar-refractivity contribution in [2.75, 3.05) is 24.2 Å². The van der Waals surface area contributed by atoms with E-state index in [-0.39, 0.29) is 6.61 Å². The Kier molecular flexibility index (Phi) is 5.25. The average molecular weight is 436 g/mol. The maximum atomic E-state index is 10.6. The highest BCUT2D eigenvalue weighted by Gasteiger charge is 2.44. The number of rotatable bonds is 6. The molecule has 0 aliphatic carbocycles. The number of benzene rings is 1. The van der Waals surface area contributed by atoms with Gasteiger partial charge in [-0.05, 0) is 37.3 Å². The molecule has 3 aromatic heterocycles. The van der Waals surface area contributed by atoms with Crippen LogP contribution >= 0.6 is 0 Å².